The van der Waals surface area contributed by atoms with Crippen molar-refractivity contribution < 1.29 is 14.6 Å². The monoisotopic (exact) mass is 207 g/mol. The molecule has 2 rings (SSSR count). The maximum Gasteiger partial charge on any atom is 0.336 e. The fourth-order valence-electron chi connectivity index (χ4n) is 1.25. The number of hydrogen-bond acceptors (Lipinski definition) is 6. The van der Waals surface area contributed by atoms with Gasteiger partial charge in [-0.25, -0.2) is 4.79 Å². The van der Waals surface area contributed by atoms with Gasteiger partial charge >= 0.3 is 5.63 Å². The summed E-state index contributed by atoms with van der Waals surface area (Å²) in [5.41, 5.74) is -1.30. The zero-order chi connectivity index (χ0) is 11.0. The molecule has 15 heavy (non-hydrogen) atoms. The van der Waals surface area contributed by atoms with Crippen LogP contribution in [0.1, 0.15) is 0 Å². The Morgan fingerprint density at radius 2 is 2.00 bits per heavy atom. The van der Waals surface area contributed by atoms with Crippen LogP contribution in [0.4, 0.5) is 5.69 Å². The predicted octanol–water partition coefficient (Wildman–Crippen LogP) is 1.60. The van der Waals surface area contributed by atoms with Crippen LogP contribution in [0.25, 0.3) is 11.0 Å². The highest BCUT2D eigenvalue weighted by Gasteiger charge is 2.15. The second-order valence-electron chi connectivity index (χ2n) is 2.86. The summed E-state index contributed by atoms with van der Waals surface area (Å²) < 4.78 is 4.70. The molecule has 2 aromatic rings. The Hall–Kier alpha value is -2.37. The van der Waals surface area contributed by atoms with Crippen molar-refractivity contribution in [3.63, 3.8) is 0 Å². The van der Waals surface area contributed by atoms with Gasteiger partial charge in [0.25, 0.3) is 0 Å². The SMILES string of the molecule is O=Nc1c(O)c(O)cc2ccc(=O)oc12. The maximum atomic E-state index is 10.9. The third-order valence-corrected chi connectivity index (χ3v) is 1.93. The minimum Gasteiger partial charge on any atom is -0.504 e. The van der Waals surface area contributed by atoms with E-state index in [2.05, 4.69) is 5.18 Å². The lowest BCUT2D eigenvalue weighted by atomic mass is 10.2. The Labute approximate surface area is 82.4 Å². The number of phenols is 2. The van der Waals surface area contributed by atoms with Crippen LogP contribution < -0.4 is 5.63 Å². The van der Waals surface area contributed by atoms with Crippen LogP contribution in [0, 0.1) is 4.91 Å². The molecule has 0 saturated heterocycles. The first kappa shape index (κ1) is 9.20. The van der Waals surface area contributed by atoms with Crippen LogP contribution in [-0.2, 0) is 0 Å². The van der Waals surface area contributed by atoms with E-state index in [-0.39, 0.29) is 5.58 Å². The molecule has 1 aromatic heterocycles. The van der Waals surface area contributed by atoms with E-state index in [1.54, 1.807) is 0 Å². The molecule has 6 nitrogen and oxygen atoms in total. The van der Waals surface area contributed by atoms with Crippen molar-refractivity contribution in [2.45, 2.75) is 0 Å². The van der Waals surface area contributed by atoms with Gasteiger partial charge in [-0.3, -0.25) is 0 Å². The van der Waals surface area contributed by atoms with E-state index in [1.807, 2.05) is 0 Å². The lowest BCUT2D eigenvalue weighted by Crippen LogP contribution is -1.94. The van der Waals surface area contributed by atoms with Crippen molar-refractivity contribution in [3.05, 3.63) is 33.5 Å². The number of nitroso groups, excluding NO2 is 1. The fourth-order valence-corrected chi connectivity index (χ4v) is 1.25. The Morgan fingerprint density at radius 1 is 1.27 bits per heavy atom. The zero-order valence-electron chi connectivity index (χ0n) is 7.30. The van der Waals surface area contributed by atoms with E-state index in [0.717, 1.165) is 6.07 Å². The number of hydrogen-bond donors (Lipinski definition) is 2. The predicted molar refractivity (Wildman–Crippen MR) is 51.3 cm³/mol. The van der Waals surface area contributed by atoms with Gasteiger partial charge in [-0.2, -0.15) is 0 Å². The number of phenolic OH excluding ortho intramolecular Hbond substituents is 2. The van der Waals surface area contributed by atoms with Crippen molar-refractivity contribution in [1.29, 1.82) is 0 Å². The molecule has 0 unspecified atom stereocenters. The van der Waals surface area contributed by atoms with Gasteiger partial charge in [0.15, 0.2) is 22.8 Å². The molecule has 0 amide bonds. The molecule has 76 valence electrons. The number of fused-ring (bicyclic) bond motifs is 1. The zero-order valence-corrected chi connectivity index (χ0v) is 7.30. The third-order valence-electron chi connectivity index (χ3n) is 1.93. The Bertz CT molecular complexity index is 601. The molecule has 0 bridgehead atoms. The van der Waals surface area contributed by atoms with Crippen molar-refractivity contribution in [1.82, 2.24) is 0 Å². The van der Waals surface area contributed by atoms with Gasteiger partial charge in [0, 0.05) is 11.5 Å². The van der Waals surface area contributed by atoms with Crippen LogP contribution in [0.3, 0.4) is 0 Å². The second kappa shape index (κ2) is 3.09. The van der Waals surface area contributed by atoms with Gasteiger partial charge in [-0.15, -0.1) is 4.91 Å². The number of benzene rings is 1. The molecule has 0 fully saturated rings. The largest absolute Gasteiger partial charge is 0.504 e. The van der Waals surface area contributed by atoms with Crippen molar-refractivity contribution in [3.8, 4) is 11.5 Å². The summed E-state index contributed by atoms with van der Waals surface area (Å²) in [6, 6.07) is 3.66. The summed E-state index contributed by atoms with van der Waals surface area (Å²) in [5.74, 6) is -1.20. The van der Waals surface area contributed by atoms with Gasteiger partial charge in [-0.1, -0.05) is 0 Å². The normalized spacial score (nSPS) is 10.4. The maximum absolute atomic E-state index is 10.9. The molecule has 6 heteroatoms. The second-order valence-corrected chi connectivity index (χ2v) is 2.86. The van der Waals surface area contributed by atoms with E-state index in [0.29, 0.717) is 5.39 Å². The average Bonchev–Trinajstić information content (AvgIpc) is 2.21. The van der Waals surface area contributed by atoms with Crippen molar-refractivity contribution in [2.24, 2.45) is 5.18 Å². The van der Waals surface area contributed by atoms with Crippen LogP contribution in [-0.4, -0.2) is 10.2 Å². The van der Waals surface area contributed by atoms with Crippen molar-refractivity contribution in [2.75, 3.05) is 0 Å². The van der Waals surface area contributed by atoms with Gasteiger partial charge in [0.2, 0.25) is 0 Å². The molecule has 0 spiro atoms. The molecule has 0 atom stereocenters. The molecule has 2 N–H and O–H groups in total. The molecule has 0 saturated carbocycles. The lowest BCUT2D eigenvalue weighted by molar-refractivity contribution is 0.404. The molecule has 0 aliphatic carbocycles. The number of nitrogens with zero attached hydrogens (tertiary/aromatic N) is 1. The number of aromatic hydroxyl groups is 2. The van der Waals surface area contributed by atoms with Crippen LogP contribution in [0.2, 0.25) is 0 Å². The molecule has 0 aliphatic heterocycles. The molecule has 0 radical (unpaired) electrons. The van der Waals surface area contributed by atoms with Crippen LogP contribution in [0.5, 0.6) is 11.5 Å². The highest BCUT2D eigenvalue weighted by Crippen LogP contribution is 2.41. The number of rotatable bonds is 1. The van der Waals surface area contributed by atoms with E-state index >= 15 is 0 Å². The van der Waals surface area contributed by atoms with Crippen LogP contribution >= 0.6 is 0 Å². The molecular weight excluding hydrogens is 202 g/mol. The smallest absolute Gasteiger partial charge is 0.336 e. The Balaban J connectivity index is 3.02. The van der Waals surface area contributed by atoms with E-state index < -0.39 is 22.8 Å². The summed E-state index contributed by atoms with van der Waals surface area (Å²) in [7, 11) is 0. The van der Waals surface area contributed by atoms with Gasteiger partial charge in [0.1, 0.15) is 0 Å². The first-order valence-corrected chi connectivity index (χ1v) is 3.95. The minimum atomic E-state index is -0.702. The Morgan fingerprint density at radius 3 is 2.67 bits per heavy atom. The van der Waals surface area contributed by atoms with E-state index in [1.165, 1.54) is 12.1 Å². The molecule has 1 aromatic carbocycles. The third kappa shape index (κ3) is 1.32. The minimum absolute atomic E-state index is 0.146. The summed E-state index contributed by atoms with van der Waals surface area (Å²) in [6.07, 6.45) is 0. The summed E-state index contributed by atoms with van der Waals surface area (Å²) in [4.78, 5) is 21.3. The van der Waals surface area contributed by atoms with Gasteiger partial charge in [-0.05, 0) is 17.3 Å². The average molecular weight is 207 g/mol. The standard InChI is InChI=1S/C9H5NO5/c11-5-3-4-1-2-6(12)15-9(4)7(10-14)8(5)13/h1-3,11,13H. The summed E-state index contributed by atoms with van der Waals surface area (Å²) in [5, 5.41) is 21.3. The van der Waals surface area contributed by atoms with Gasteiger partial charge < -0.3 is 14.6 Å². The summed E-state index contributed by atoms with van der Waals surface area (Å²) >= 11 is 0. The first-order valence-electron chi connectivity index (χ1n) is 3.95. The topological polar surface area (TPSA) is 100 Å². The fraction of sp³-hybridized carbons (Fsp3) is 0. The highest BCUT2D eigenvalue weighted by atomic mass is 16.4. The molecule has 0 aliphatic rings. The Kier molecular flexibility index (Phi) is 1.89. The van der Waals surface area contributed by atoms with Gasteiger partial charge in [0.05, 0.1) is 0 Å². The van der Waals surface area contributed by atoms with E-state index in [9.17, 15) is 19.9 Å². The van der Waals surface area contributed by atoms with Crippen molar-refractivity contribution >= 4 is 16.7 Å². The highest BCUT2D eigenvalue weighted by molar-refractivity contribution is 5.92. The molecular formula is C9H5NO5. The van der Waals surface area contributed by atoms with Crippen LogP contribution in [0.15, 0.2) is 32.6 Å². The lowest BCUT2D eigenvalue weighted by Gasteiger charge is -2.02. The first-order chi connectivity index (χ1) is 7.13. The van der Waals surface area contributed by atoms with E-state index in [4.69, 9.17) is 4.42 Å². The molecule has 1 heterocycles. The quantitative estimate of drug-likeness (QED) is 0.420. The summed E-state index contributed by atoms with van der Waals surface area (Å²) in [6.45, 7) is 0.